The van der Waals surface area contributed by atoms with E-state index in [0.717, 1.165) is 5.56 Å². The molecule has 1 aromatic carbocycles. The van der Waals surface area contributed by atoms with Crippen molar-refractivity contribution in [2.45, 2.75) is 25.3 Å². The van der Waals surface area contributed by atoms with Crippen LogP contribution < -0.4 is 4.74 Å². The molecule has 15 heavy (non-hydrogen) atoms. The van der Waals surface area contributed by atoms with Gasteiger partial charge in [-0.25, -0.2) is 0 Å². The number of hydrogen-bond donors (Lipinski definition) is 0. The van der Waals surface area contributed by atoms with Gasteiger partial charge in [0.25, 0.3) is 0 Å². The molecular formula is C11H11Cl2NO. The molecule has 0 spiro atoms. The van der Waals surface area contributed by atoms with Crippen LogP contribution in [-0.2, 0) is 5.88 Å². The predicted molar refractivity (Wildman–Crippen MR) is 61.3 cm³/mol. The standard InChI is InChI=1S/C11H11Cl2NO/c1-2-8(7-14)15-11-5-3-4-10(13)9(11)6-12/h3-5,8H,2,6H2,1H3. The monoisotopic (exact) mass is 243 g/mol. The van der Waals surface area contributed by atoms with Crippen molar-refractivity contribution in [2.24, 2.45) is 0 Å². The van der Waals surface area contributed by atoms with Crippen LogP contribution in [0.15, 0.2) is 18.2 Å². The molecule has 1 atom stereocenters. The summed E-state index contributed by atoms with van der Waals surface area (Å²) < 4.78 is 5.49. The van der Waals surface area contributed by atoms with E-state index >= 15 is 0 Å². The van der Waals surface area contributed by atoms with Crippen LogP contribution in [0.5, 0.6) is 5.75 Å². The maximum absolute atomic E-state index is 8.78. The second-order valence-corrected chi connectivity index (χ2v) is 3.67. The third-order valence-corrected chi connectivity index (χ3v) is 2.61. The molecule has 0 aliphatic heterocycles. The summed E-state index contributed by atoms with van der Waals surface area (Å²) >= 11 is 11.7. The number of nitrogens with zero attached hydrogens (tertiary/aromatic N) is 1. The van der Waals surface area contributed by atoms with Gasteiger partial charge in [0.1, 0.15) is 11.8 Å². The SMILES string of the molecule is CCC(C#N)Oc1cccc(Cl)c1CCl. The first-order valence-electron chi connectivity index (χ1n) is 4.62. The minimum atomic E-state index is -0.453. The van der Waals surface area contributed by atoms with Gasteiger partial charge in [-0.2, -0.15) is 5.26 Å². The molecule has 0 saturated carbocycles. The summed E-state index contributed by atoms with van der Waals surface area (Å²) in [6, 6.07) is 7.36. The summed E-state index contributed by atoms with van der Waals surface area (Å²) in [4.78, 5) is 0. The van der Waals surface area contributed by atoms with Gasteiger partial charge in [0.15, 0.2) is 6.10 Å². The Morgan fingerprint density at radius 3 is 2.80 bits per heavy atom. The molecular weight excluding hydrogens is 233 g/mol. The molecule has 80 valence electrons. The summed E-state index contributed by atoms with van der Waals surface area (Å²) in [5.74, 6) is 0.863. The number of alkyl halides is 1. The number of ether oxygens (including phenoxy) is 1. The van der Waals surface area contributed by atoms with Crippen molar-refractivity contribution in [1.82, 2.24) is 0 Å². The van der Waals surface area contributed by atoms with Gasteiger partial charge in [0, 0.05) is 10.6 Å². The quantitative estimate of drug-likeness (QED) is 0.755. The van der Waals surface area contributed by atoms with Gasteiger partial charge in [-0.05, 0) is 18.6 Å². The maximum atomic E-state index is 8.78. The fourth-order valence-electron chi connectivity index (χ4n) is 1.13. The van der Waals surface area contributed by atoms with Crippen LogP contribution >= 0.6 is 23.2 Å². The van der Waals surface area contributed by atoms with Gasteiger partial charge >= 0.3 is 0 Å². The Hall–Kier alpha value is -0.910. The summed E-state index contributed by atoms with van der Waals surface area (Å²) in [5, 5.41) is 9.34. The van der Waals surface area contributed by atoms with Crippen LogP contribution in [0.3, 0.4) is 0 Å². The molecule has 2 nitrogen and oxygen atoms in total. The lowest BCUT2D eigenvalue weighted by Crippen LogP contribution is -2.13. The molecule has 1 unspecified atom stereocenters. The largest absolute Gasteiger partial charge is 0.475 e. The van der Waals surface area contributed by atoms with Crippen molar-refractivity contribution in [1.29, 1.82) is 5.26 Å². The first-order valence-corrected chi connectivity index (χ1v) is 5.53. The molecule has 1 rings (SSSR count). The third kappa shape index (κ3) is 3.02. The molecule has 0 N–H and O–H groups in total. The Labute approximate surface area is 99.4 Å². The van der Waals surface area contributed by atoms with E-state index in [4.69, 9.17) is 33.2 Å². The van der Waals surface area contributed by atoms with E-state index in [-0.39, 0.29) is 5.88 Å². The van der Waals surface area contributed by atoms with E-state index in [0.29, 0.717) is 17.2 Å². The maximum Gasteiger partial charge on any atom is 0.184 e. The lowest BCUT2D eigenvalue weighted by atomic mass is 10.2. The first kappa shape index (κ1) is 12.2. The van der Waals surface area contributed by atoms with E-state index in [9.17, 15) is 0 Å². The Bertz CT molecular complexity index is 373. The van der Waals surface area contributed by atoms with E-state index in [1.54, 1.807) is 18.2 Å². The fraction of sp³-hybridized carbons (Fsp3) is 0.364. The molecule has 0 bridgehead atoms. The fourth-order valence-corrected chi connectivity index (χ4v) is 1.71. The van der Waals surface area contributed by atoms with Crippen LogP contribution in [-0.4, -0.2) is 6.10 Å². The zero-order chi connectivity index (χ0) is 11.3. The average molecular weight is 244 g/mol. The summed E-state index contributed by atoms with van der Waals surface area (Å²) in [6.45, 7) is 1.89. The molecule has 1 aromatic rings. The Kier molecular flexibility index (Phi) is 4.74. The van der Waals surface area contributed by atoms with E-state index in [1.807, 2.05) is 6.92 Å². The van der Waals surface area contributed by atoms with Crippen LogP contribution in [0.25, 0.3) is 0 Å². The Balaban J connectivity index is 2.94. The minimum Gasteiger partial charge on any atom is -0.475 e. The van der Waals surface area contributed by atoms with Crippen LogP contribution in [0.4, 0.5) is 0 Å². The molecule has 0 amide bonds. The Morgan fingerprint density at radius 2 is 2.27 bits per heavy atom. The van der Waals surface area contributed by atoms with E-state index in [1.165, 1.54) is 0 Å². The molecule has 0 radical (unpaired) electrons. The number of halogens is 2. The number of benzene rings is 1. The van der Waals surface area contributed by atoms with Crippen molar-refractivity contribution in [2.75, 3.05) is 0 Å². The lowest BCUT2D eigenvalue weighted by Gasteiger charge is -2.13. The summed E-state index contributed by atoms with van der Waals surface area (Å²) in [5.41, 5.74) is 0.731. The van der Waals surface area contributed by atoms with Crippen LogP contribution in [0.1, 0.15) is 18.9 Å². The lowest BCUT2D eigenvalue weighted by molar-refractivity contribution is 0.250. The number of nitriles is 1. The van der Waals surface area contributed by atoms with Crippen LogP contribution in [0, 0.1) is 11.3 Å². The number of hydrogen-bond acceptors (Lipinski definition) is 2. The first-order chi connectivity index (χ1) is 7.22. The highest BCUT2D eigenvalue weighted by Crippen LogP contribution is 2.28. The number of rotatable bonds is 4. The molecule has 0 saturated heterocycles. The topological polar surface area (TPSA) is 33.0 Å². The molecule has 4 heteroatoms. The van der Waals surface area contributed by atoms with Gasteiger partial charge in [-0.15, -0.1) is 11.6 Å². The van der Waals surface area contributed by atoms with Crippen molar-refractivity contribution >= 4 is 23.2 Å². The third-order valence-electron chi connectivity index (χ3n) is 1.99. The summed E-state index contributed by atoms with van der Waals surface area (Å²) in [7, 11) is 0. The highest BCUT2D eigenvalue weighted by molar-refractivity contribution is 6.32. The average Bonchev–Trinajstić information content (AvgIpc) is 2.26. The molecule has 0 heterocycles. The van der Waals surface area contributed by atoms with E-state index < -0.39 is 6.10 Å². The van der Waals surface area contributed by atoms with E-state index in [2.05, 4.69) is 6.07 Å². The second kappa shape index (κ2) is 5.85. The van der Waals surface area contributed by atoms with Gasteiger partial charge in [0.2, 0.25) is 0 Å². The zero-order valence-corrected chi connectivity index (χ0v) is 9.85. The van der Waals surface area contributed by atoms with Crippen molar-refractivity contribution in [3.8, 4) is 11.8 Å². The molecule has 0 aliphatic carbocycles. The van der Waals surface area contributed by atoms with Crippen LogP contribution in [0.2, 0.25) is 5.02 Å². The molecule has 0 fully saturated rings. The van der Waals surface area contributed by atoms with Crippen molar-refractivity contribution < 1.29 is 4.74 Å². The van der Waals surface area contributed by atoms with Gasteiger partial charge in [0.05, 0.1) is 5.88 Å². The van der Waals surface area contributed by atoms with Crippen molar-refractivity contribution in [3.63, 3.8) is 0 Å². The normalized spacial score (nSPS) is 11.9. The summed E-state index contributed by atoms with van der Waals surface area (Å²) in [6.07, 6.45) is 0.176. The van der Waals surface area contributed by atoms with Gasteiger partial charge < -0.3 is 4.74 Å². The second-order valence-electron chi connectivity index (χ2n) is 2.99. The van der Waals surface area contributed by atoms with Gasteiger partial charge in [-0.1, -0.05) is 24.6 Å². The highest BCUT2D eigenvalue weighted by Gasteiger charge is 2.11. The minimum absolute atomic E-state index is 0.275. The van der Waals surface area contributed by atoms with Crippen molar-refractivity contribution in [3.05, 3.63) is 28.8 Å². The molecule has 0 aromatic heterocycles. The highest BCUT2D eigenvalue weighted by atomic mass is 35.5. The molecule has 0 aliphatic rings. The smallest absolute Gasteiger partial charge is 0.184 e. The zero-order valence-electron chi connectivity index (χ0n) is 8.34. The predicted octanol–water partition coefficient (Wildman–Crippen LogP) is 3.76. The van der Waals surface area contributed by atoms with Gasteiger partial charge in [-0.3, -0.25) is 0 Å². The Morgan fingerprint density at radius 1 is 1.53 bits per heavy atom.